The number of nitrogens with zero attached hydrogens (tertiary/aromatic N) is 3. The molecule has 2 heterocycles. The lowest BCUT2D eigenvalue weighted by molar-refractivity contribution is 0.187. The number of nitrogens with one attached hydrogen (secondary N) is 1. The lowest BCUT2D eigenvalue weighted by Gasteiger charge is -2.38. The van der Waals surface area contributed by atoms with Crippen molar-refractivity contribution in [2.24, 2.45) is 5.41 Å². The second-order valence-electron chi connectivity index (χ2n) is 6.53. The predicted molar refractivity (Wildman–Crippen MR) is 71.4 cm³/mol. The van der Waals surface area contributed by atoms with Crippen molar-refractivity contribution in [1.29, 1.82) is 0 Å². The van der Waals surface area contributed by atoms with Crippen LogP contribution in [0.5, 0.6) is 0 Å². The average Bonchev–Trinajstić information content (AvgIpc) is 2.74. The van der Waals surface area contributed by atoms with Crippen LogP contribution in [0.3, 0.4) is 0 Å². The fraction of sp³-hybridized carbons (Fsp3) is 0.857. The molecule has 1 aliphatic carbocycles. The lowest BCUT2D eigenvalue weighted by atomic mass is 9.68. The van der Waals surface area contributed by atoms with Gasteiger partial charge in [0.15, 0.2) is 0 Å². The Hall–Kier alpha value is -0.900. The summed E-state index contributed by atoms with van der Waals surface area (Å²) in [6.45, 7) is 9.02. The highest BCUT2D eigenvalue weighted by molar-refractivity contribution is 5.11. The molecule has 1 N–H and O–H groups in total. The maximum Gasteiger partial charge on any atom is 0.149 e. The van der Waals surface area contributed by atoms with Crippen LogP contribution < -0.4 is 5.32 Å². The molecular formula is C14H24N4. The van der Waals surface area contributed by atoms with Gasteiger partial charge in [-0.25, -0.2) is 0 Å². The average molecular weight is 248 g/mol. The smallest absolute Gasteiger partial charge is 0.149 e. The molecule has 4 nitrogen and oxygen atoms in total. The molecule has 1 aromatic heterocycles. The van der Waals surface area contributed by atoms with E-state index in [4.69, 9.17) is 0 Å². The van der Waals surface area contributed by atoms with Crippen molar-refractivity contribution in [2.45, 2.75) is 65.0 Å². The topological polar surface area (TPSA) is 42.7 Å². The first-order valence-corrected chi connectivity index (χ1v) is 7.26. The summed E-state index contributed by atoms with van der Waals surface area (Å²) in [4.78, 5) is 0. The summed E-state index contributed by atoms with van der Waals surface area (Å²) in [7, 11) is 0. The molecule has 2 aliphatic rings. The van der Waals surface area contributed by atoms with Gasteiger partial charge in [0.25, 0.3) is 0 Å². The van der Waals surface area contributed by atoms with Crippen molar-refractivity contribution in [1.82, 2.24) is 20.1 Å². The van der Waals surface area contributed by atoms with Crippen LogP contribution in [0.25, 0.3) is 0 Å². The van der Waals surface area contributed by atoms with E-state index in [2.05, 4.69) is 40.9 Å². The minimum absolute atomic E-state index is 0.340. The van der Waals surface area contributed by atoms with Crippen molar-refractivity contribution in [3.8, 4) is 0 Å². The Morgan fingerprint density at radius 2 is 2.00 bits per heavy atom. The SMILES string of the molecule is CC1NCCn2c1nnc2C1CCCCC1(C)C. The zero-order valence-corrected chi connectivity index (χ0v) is 11.7. The van der Waals surface area contributed by atoms with Crippen LogP contribution in [-0.4, -0.2) is 21.3 Å². The fourth-order valence-electron chi connectivity index (χ4n) is 3.59. The van der Waals surface area contributed by atoms with E-state index in [1.165, 1.54) is 31.5 Å². The zero-order chi connectivity index (χ0) is 12.8. The molecule has 2 atom stereocenters. The molecule has 0 bridgehead atoms. The molecule has 18 heavy (non-hydrogen) atoms. The highest BCUT2D eigenvalue weighted by Crippen LogP contribution is 2.46. The van der Waals surface area contributed by atoms with Crippen LogP contribution >= 0.6 is 0 Å². The van der Waals surface area contributed by atoms with Gasteiger partial charge in [0.1, 0.15) is 11.6 Å². The van der Waals surface area contributed by atoms with Crippen LogP contribution in [0.2, 0.25) is 0 Å². The molecule has 1 fully saturated rings. The zero-order valence-electron chi connectivity index (χ0n) is 11.7. The first kappa shape index (κ1) is 12.2. The summed E-state index contributed by atoms with van der Waals surface area (Å²) in [6.07, 6.45) is 5.28. The van der Waals surface area contributed by atoms with Gasteiger partial charge in [-0.2, -0.15) is 0 Å². The Morgan fingerprint density at radius 1 is 1.22 bits per heavy atom. The Balaban J connectivity index is 1.97. The van der Waals surface area contributed by atoms with E-state index < -0.39 is 0 Å². The molecule has 1 aromatic rings. The third kappa shape index (κ3) is 1.87. The molecule has 0 saturated heterocycles. The molecule has 0 spiro atoms. The van der Waals surface area contributed by atoms with Crippen molar-refractivity contribution >= 4 is 0 Å². The molecule has 1 aliphatic heterocycles. The summed E-state index contributed by atoms with van der Waals surface area (Å²) >= 11 is 0. The predicted octanol–water partition coefficient (Wildman–Crippen LogP) is 2.63. The third-order valence-corrected chi connectivity index (χ3v) is 4.80. The molecule has 100 valence electrons. The molecule has 3 rings (SSSR count). The highest BCUT2D eigenvalue weighted by atomic mass is 15.3. The highest BCUT2D eigenvalue weighted by Gasteiger charge is 2.37. The molecular weight excluding hydrogens is 224 g/mol. The van der Waals surface area contributed by atoms with Gasteiger partial charge >= 0.3 is 0 Å². The monoisotopic (exact) mass is 248 g/mol. The van der Waals surface area contributed by atoms with Crippen LogP contribution in [0.4, 0.5) is 0 Å². The molecule has 0 aromatic carbocycles. The van der Waals surface area contributed by atoms with Crippen LogP contribution in [0.1, 0.15) is 70.1 Å². The first-order chi connectivity index (χ1) is 8.59. The quantitative estimate of drug-likeness (QED) is 0.830. The summed E-state index contributed by atoms with van der Waals surface area (Å²) < 4.78 is 2.37. The second kappa shape index (κ2) is 4.34. The lowest BCUT2D eigenvalue weighted by Crippen LogP contribution is -2.35. The van der Waals surface area contributed by atoms with Crippen molar-refractivity contribution in [3.05, 3.63) is 11.6 Å². The van der Waals surface area contributed by atoms with Gasteiger partial charge < -0.3 is 9.88 Å². The van der Waals surface area contributed by atoms with Gasteiger partial charge in [0.2, 0.25) is 0 Å². The van der Waals surface area contributed by atoms with Crippen LogP contribution in [0.15, 0.2) is 0 Å². The molecule has 0 radical (unpaired) electrons. The van der Waals surface area contributed by atoms with Gasteiger partial charge in [-0.1, -0.05) is 26.7 Å². The van der Waals surface area contributed by atoms with E-state index in [1.807, 2.05) is 0 Å². The second-order valence-corrected chi connectivity index (χ2v) is 6.53. The van der Waals surface area contributed by atoms with E-state index in [9.17, 15) is 0 Å². The van der Waals surface area contributed by atoms with Gasteiger partial charge in [-0.05, 0) is 25.2 Å². The molecule has 2 unspecified atom stereocenters. The Bertz CT molecular complexity index is 435. The molecule has 1 saturated carbocycles. The largest absolute Gasteiger partial charge is 0.312 e. The summed E-state index contributed by atoms with van der Waals surface area (Å²) in [6, 6.07) is 0.340. The van der Waals surface area contributed by atoms with Gasteiger partial charge in [0, 0.05) is 19.0 Å². The van der Waals surface area contributed by atoms with E-state index in [-0.39, 0.29) is 0 Å². The number of hydrogen-bond donors (Lipinski definition) is 1. The summed E-state index contributed by atoms with van der Waals surface area (Å²) in [5.41, 5.74) is 0.371. The van der Waals surface area contributed by atoms with Crippen molar-refractivity contribution in [2.75, 3.05) is 6.54 Å². The van der Waals surface area contributed by atoms with E-state index in [0.29, 0.717) is 17.4 Å². The number of hydrogen-bond acceptors (Lipinski definition) is 3. The number of aromatic nitrogens is 3. The Kier molecular flexibility index (Phi) is 2.93. The molecule has 4 heteroatoms. The number of rotatable bonds is 1. The van der Waals surface area contributed by atoms with E-state index >= 15 is 0 Å². The minimum Gasteiger partial charge on any atom is -0.312 e. The van der Waals surface area contributed by atoms with Gasteiger partial charge in [-0.3, -0.25) is 0 Å². The maximum absolute atomic E-state index is 4.54. The van der Waals surface area contributed by atoms with Crippen molar-refractivity contribution < 1.29 is 0 Å². The van der Waals surface area contributed by atoms with E-state index in [0.717, 1.165) is 18.9 Å². The maximum atomic E-state index is 4.54. The van der Waals surface area contributed by atoms with Gasteiger partial charge in [0.05, 0.1) is 6.04 Å². The van der Waals surface area contributed by atoms with Crippen LogP contribution in [-0.2, 0) is 6.54 Å². The first-order valence-electron chi connectivity index (χ1n) is 7.26. The summed E-state index contributed by atoms with van der Waals surface area (Å²) in [5, 5.41) is 12.4. The van der Waals surface area contributed by atoms with Crippen LogP contribution in [0, 0.1) is 5.41 Å². The van der Waals surface area contributed by atoms with Gasteiger partial charge in [-0.15, -0.1) is 10.2 Å². The molecule has 0 amide bonds. The Labute approximate surface area is 109 Å². The number of fused-ring (bicyclic) bond motifs is 1. The normalized spacial score (nSPS) is 31.1. The third-order valence-electron chi connectivity index (χ3n) is 4.80. The van der Waals surface area contributed by atoms with E-state index in [1.54, 1.807) is 0 Å². The minimum atomic E-state index is 0.340. The van der Waals surface area contributed by atoms with Crippen molar-refractivity contribution in [3.63, 3.8) is 0 Å². The standard InChI is InChI=1S/C14H24N4/c1-10-12-16-17-13(18(12)9-8-15-10)11-6-4-5-7-14(11,2)3/h10-11,15H,4-9H2,1-3H3. The summed E-state index contributed by atoms with van der Waals surface area (Å²) in [5.74, 6) is 2.94. The fourth-order valence-corrected chi connectivity index (χ4v) is 3.59. The Morgan fingerprint density at radius 3 is 2.78 bits per heavy atom.